The number of nitrogens with zero attached hydrogens (tertiary/aromatic N) is 2. The van der Waals surface area contributed by atoms with Crippen molar-refractivity contribution in [2.24, 2.45) is 0 Å². The molecule has 2 aliphatic rings. The van der Waals surface area contributed by atoms with Gasteiger partial charge in [0.25, 0.3) is 0 Å². The third kappa shape index (κ3) is 4.93. The predicted octanol–water partition coefficient (Wildman–Crippen LogP) is 2.83. The van der Waals surface area contributed by atoms with Crippen molar-refractivity contribution in [2.45, 2.75) is 6.54 Å². The van der Waals surface area contributed by atoms with Gasteiger partial charge in [0.1, 0.15) is 5.75 Å². The van der Waals surface area contributed by atoms with Gasteiger partial charge in [-0.25, -0.2) is 0 Å². The van der Waals surface area contributed by atoms with Crippen LogP contribution in [0, 0.1) is 0 Å². The van der Waals surface area contributed by atoms with Crippen molar-refractivity contribution in [1.82, 2.24) is 9.80 Å². The zero-order chi connectivity index (χ0) is 20.2. The van der Waals surface area contributed by atoms with Crippen LogP contribution < -0.4 is 19.5 Å². The van der Waals surface area contributed by atoms with Crippen LogP contribution in [-0.4, -0.2) is 62.3 Å². The molecule has 2 heterocycles. The molecule has 4 rings (SSSR count). The molecule has 2 aromatic carbocycles. The van der Waals surface area contributed by atoms with Crippen LogP contribution in [0.2, 0.25) is 5.02 Å². The van der Waals surface area contributed by atoms with Gasteiger partial charge >= 0.3 is 0 Å². The van der Waals surface area contributed by atoms with Crippen LogP contribution in [-0.2, 0) is 11.3 Å². The average molecular weight is 418 g/mol. The van der Waals surface area contributed by atoms with Gasteiger partial charge in [-0.1, -0.05) is 17.7 Å². The highest BCUT2D eigenvalue weighted by atomic mass is 35.5. The second-order valence-electron chi connectivity index (χ2n) is 7.13. The minimum atomic E-state index is -0.0743. The lowest BCUT2D eigenvalue weighted by Crippen LogP contribution is -2.48. The maximum Gasteiger partial charge on any atom is 0.238 e. The number of methoxy groups -OCH3 is 1. The van der Waals surface area contributed by atoms with Crippen LogP contribution in [0.15, 0.2) is 36.4 Å². The lowest BCUT2D eigenvalue weighted by atomic mass is 10.1. The number of rotatable bonds is 6. The number of carbonyl (C=O) groups excluding carboxylic acids is 1. The molecule has 2 aromatic rings. The Labute approximate surface area is 175 Å². The average Bonchev–Trinajstić information content (AvgIpc) is 3.17. The number of hydrogen-bond acceptors (Lipinski definition) is 6. The monoisotopic (exact) mass is 417 g/mol. The Balaban J connectivity index is 1.25. The molecule has 2 aliphatic heterocycles. The topological polar surface area (TPSA) is 63.3 Å². The number of ether oxygens (including phenoxy) is 3. The van der Waals surface area contributed by atoms with Crippen LogP contribution in [0.25, 0.3) is 0 Å². The van der Waals surface area contributed by atoms with Gasteiger partial charge in [0.2, 0.25) is 12.7 Å². The highest BCUT2D eigenvalue weighted by Crippen LogP contribution is 2.33. The van der Waals surface area contributed by atoms with E-state index >= 15 is 0 Å². The quantitative estimate of drug-likeness (QED) is 0.779. The standard InChI is InChI=1S/C21H24ClN3O4/c1-27-18-5-3-16(22)11-17(18)23-21(26)13-25-8-6-24(7-9-25)12-15-2-4-19-20(10-15)29-14-28-19/h2-5,10-11H,6-9,12-14H2,1H3,(H,23,26). The van der Waals surface area contributed by atoms with Crippen molar-refractivity contribution in [3.63, 3.8) is 0 Å². The van der Waals surface area contributed by atoms with Crippen LogP contribution in [0.3, 0.4) is 0 Å². The number of carbonyl (C=O) groups is 1. The first-order valence-electron chi connectivity index (χ1n) is 9.57. The lowest BCUT2D eigenvalue weighted by Gasteiger charge is -2.34. The molecule has 0 aromatic heterocycles. The molecule has 1 N–H and O–H groups in total. The summed E-state index contributed by atoms with van der Waals surface area (Å²) in [5.41, 5.74) is 1.79. The van der Waals surface area contributed by atoms with Gasteiger partial charge < -0.3 is 19.5 Å². The zero-order valence-electron chi connectivity index (χ0n) is 16.3. The first kappa shape index (κ1) is 19.8. The Hall–Kier alpha value is -2.48. The molecule has 0 aliphatic carbocycles. The van der Waals surface area contributed by atoms with Crippen molar-refractivity contribution in [2.75, 3.05) is 51.9 Å². The van der Waals surface area contributed by atoms with Crippen molar-refractivity contribution in [1.29, 1.82) is 0 Å². The molecule has 0 bridgehead atoms. The summed E-state index contributed by atoms with van der Waals surface area (Å²) in [4.78, 5) is 17.0. The summed E-state index contributed by atoms with van der Waals surface area (Å²) in [6.45, 7) is 4.98. The van der Waals surface area contributed by atoms with Gasteiger partial charge in [0, 0.05) is 37.7 Å². The van der Waals surface area contributed by atoms with Gasteiger partial charge in [-0.05, 0) is 35.9 Å². The summed E-state index contributed by atoms with van der Waals surface area (Å²) in [5, 5.41) is 3.45. The minimum absolute atomic E-state index is 0.0743. The van der Waals surface area contributed by atoms with Crippen molar-refractivity contribution < 1.29 is 19.0 Å². The Morgan fingerprint density at radius 1 is 1.07 bits per heavy atom. The molecule has 8 heteroatoms. The van der Waals surface area contributed by atoms with E-state index in [1.807, 2.05) is 12.1 Å². The minimum Gasteiger partial charge on any atom is -0.495 e. The Kier molecular flexibility index (Phi) is 6.08. The Bertz CT molecular complexity index is 884. The van der Waals surface area contributed by atoms with Gasteiger partial charge in [-0.3, -0.25) is 14.6 Å². The lowest BCUT2D eigenvalue weighted by molar-refractivity contribution is -0.117. The van der Waals surface area contributed by atoms with Gasteiger partial charge in [-0.15, -0.1) is 0 Å². The van der Waals surface area contributed by atoms with Crippen molar-refractivity contribution in [3.8, 4) is 17.2 Å². The molecule has 0 saturated carbocycles. The molecule has 7 nitrogen and oxygen atoms in total. The fourth-order valence-electron chi connectivity index (χ4n) is 3.57. The summed E-state index contributed by atoms with van der Waals surface area (Å²) >= 11 is 6.03. The van der Waals surface area contributed by atoms with Gasteiger partial charge in [-0.2, -0.15) is 0 Å². The van der Waals surface area contributed by atoms with E-state index in [4.69, 9.17) is 25.8 Å². The molecule has 0 atom stereocenters. The van der Waals surface area contributed by atoms with Crippen molar-refractivity contribution in [3.05, 3.63) is 47.0 Å². The van der Waals surface area contributed by atoms with Gasteiger partial charge in [0.05, 0.1) is 19.3 Å². The molecular weight excluding hydrogens is 394 g/mol. The highest BCUT2D eigenvalue weighted by molar-refractivity contribution is 6.31. The van der Waals surface area contributed by atoms with Crippen LogP contribution in [0.4, 0.5) is 5.69 Å². The molecule has 1 saturated heterocycles. The first-order valence-corrected chi connectivity index (χ1v) is 9.95. The third-order valence-corrected chi connectivity index (χ3v) is 5.35. The number of fused-ring (bicyclic) bond motifs is 1. The van der Waals surface area contributed by atoms with E-state index < -0.39 is 0 Å². The van der Waals surface area contributed by atoms with E-state index in [0.717, 1.165) is 44.2 Å². The molecule has 1 fully saturated rings. The van der Waals surface area contributed by atoms with E-state index in [9.17, 15) is 4.79 Å². The van der Waals surface area contributed by atoms with E-state index in [1.165, 1.54) is 5.56 Å². The molecule has 154 valence electrons. The molecule has 1 amide bonds. The second-order valence-corrected chi connectivity index (χ2v) is 7.57. The van der Waals surface area contributed by atoms with Crippen molar-refractivity contribution >= 4 is 23.2 Å². The Morgan fingerprint density at radius 2 is 1.83 bits per heavy atom. The molecule has 29 heavy (non-hydrogen) atoms. The summed E-state index contributed by atoms with van der Waals surface area (Å²) in [6.07, 6.45) is 0. The molecular formula is C21H24ClN3O4. The normalized spacial score (nSPS) is 16.6. The zero-order valence-corrected chi connectivity index (χ0v) is 17.1. The summed E-state index contributed by atoms with van der Waals surface area (Å²) < 4.78 is 16.1. The fraction of sp³-hybridized carbons (Fsp3) is 0.381. The highest BCUT2D eigenvalue weighted by Gasteiger charge is 2.21. The molecule has 0 spiro atoms. The number of amides is 1. The summed E-state index contributed by atoms with van der Waals surface area (Å²) in [5.74, 6) is 2.14. The number of anilines is 1. The number of benzene rings is 2. The van der Waals surface area contributed by atoms with Crippen LogP contribution in [0.1, 0.15) is 5.56 Å². The van der Waals surface area contributed by atoms with E-state index in [0.29, 0.717) is 29.8 Å². The van der Waals surface area contributed by atoms with E-state index in [1.54, 1.807) is 25.3 Å². The number of piperazine rings is 1. The number of nitrogens with one attached hydrogen (secondary N) is 1. The van der Waals surface area contributed by atoms with Gasteiger partial charge in [0.15, 0.2) is 11.5 Å². The fourth-order valence-corrected chi connectivity index (χ4v) is 3.75. The third-order valence-electron chi connectivity index (χ3n) is 5.11. The smallest absolute Gasteiger partial charge is 0.238 e. The van der Waals surface area contributed by atoms with E-state index in [-0.39, 0.29) is 5.91 Å². The molecule has 0 unspecified atom stereocenters. The summed E-state index contributed by atoms with van der Waals surface area (Å²) in [7, 11) is 1.57. The maximum absolute atomic E-state index is 12.5. The maximum atomic E-state index is 12.5. The number of halogens is 1. The summed E-state index contributed by atoms with van der Waals surface area (Å²) in [6, 6.07) is 11.2. The predicted molar refractivity (Wildman–Crippen MR) is 111 cm³/mol. The first-order chi connectivity index (χ1) is 14.1. The largest absolute Gasteiger partial charge is 0.495 e. The van der Waals surface area contributed by atoms with Crippen LogP contribution in [0.5, 0.6) is 17.2 Å². The van der Waals surface area contributed by atoms with Crippen LogP contribution >= 0.6 is 11.6 Å². The number of hydrogen-bond donors (Lipinski definition) is 1. The Morgan fingerprint density at radius 3 is 2.62 bits per heavy atom. The SMILES string of the molecule is COc1ccc(Cl)cc1NC(=O)CN1CCN(Cc2ccc3c(c2)OCO3)CC1. The second kappa shape index (κ2) is 8.90. The molecule has 0 radical (unpaired) electrons. The van der Waals surface area contributed by atoms with E-state index in [2.05, 4.69) is 21.2 Å².